The maximum Gasteiger partial charge on any atom is 0.227 e. The zero-order valence-electron chi connectivity index (χ0n) is 19.8. The Balaban J connectivity index is 1.30. The van der Waals surface area contributed by atoms with Crippen LogP contribution in [0.1, 0.15) is 34.6 Å². The number of aromatic nitrogens is 3. The van der Waals surface area contributed by atoms with Crippen molar-refractivity contribution in [2.24, 2.45) is 0 Å². The second kappa shape index (κ2) is 9.60. The molecule has 0 atom stereocenters. The Morgan fingerprint density at radius 3 is 2.39 bits per heavy atom. The summed E-state index contributed by atoms with van der Waals surface area (Å²) < 4.78 is 7.09. The van der Waals surface area contributed by atoms with Gasteiger partial charge in [0.25, 0.3) is 0 Å². The van der Waals surface area contributed by atoms with Crippen LogP contribution in [0.4, 0.5) is 0 Å². The molecule has 1 aliphatic rings. The minimum atomic E-state index is 0.0792. The van der Waals surface area contributed by atoms with Crippen LogP contribution in [0.15, 0.2) is 30.3 Å². The molecule has 1 saturated heterocycles. The van der Waals surface area contributed by atoms with Crippen molar-refractivity contribution in [2.45, 2.75) is 40.0 Å². The Bertz CT molecular complexity index is 1180. The fourth-order valence-corrected chi connectivity index (χ4v) is 4.47. The Kier molecular flexibility index (Phi) is 6.62. The van der Waals surface area contributed by atoms with Crippen molar-refractivity contribution in [3.63, 3.8) is 0 Å². The molecule has 0 spiro atoms. The second-order valence-corrected chi connectivity index (χ2v) is 8.61. The predicted octanol–water partition coefficient (Wildman–Crippen LogP) is 2.51. The van der Waals surface area contributed by atoms with Gasteiger partial charge in [0.1, 0.15) is 5.75 Å². The summed E-state index contributed by atoms with van der Waals surface area (Å²) in [6.45, 7) is 8.22. The molecule has 0 radical (unpaired) electrons. The zero-order chi connectivity index (χ0) is 23.5. The Morgan fingerprint density at radius 2 is 1.70 bits per heavy atom. The van der Waals surface area contributed by atoms with Gasteiger partial charge >= 0.3 is 0 Å². The Morgan fingerprint density at radius 1 is 1.00 bits per heavy atom. The highest BCUT2D eigenvalue weighted by Gasteiger charge is 2.24. The summed E-state index contributed by atoms with van der Waals surface area (Å²) in [7, 11) is 1.62. The van der Waals surface area contributed by atoms with E-state index in [1.807, 2.05) is 65.4 Å². The minimum Gasteiger partial charge on any atom is -0.497 e. The summed E-state index contributed by atoms with van der Waals surface area (Å²) in [5, 5.41) is 4.51. The lowest BCUT2D eigenvalue weighted by Crippen LogP contribution is -2.51. The number of methoxy groups -OCH3 is 1. The number of piperazine rings is 1. The molecule has 8 heteroatoms. The number of amides is 2. The average molecular weight is 450 g/mol. The van der Waals surface area contributed by atoms with E-state index in [0.717, 1.165) is 39.6 Å². The maximum atomic E-state index is 12.9. The van der Waals surface area contributed by atoms with E-state index in [4.69, 9.17) is 4.74 Å². The Labute approximate surface area is 194 Å². The third kappa shape index (κ3) is 4.99. The van der Waals surface area contributed by atoms with Gasteiger partial charge in [0.15, 0.2) is 5.65 Å². The third-order valence-corrected chi connectivity index (χ3v) is 6.35. The molecule has 4 rings (SSSR count). The van der Waals surface area contributed by atoms with Crippen molar-refractivity contribution in [1.82, 2.24) is 24.4 Å². The van der Waals surface area contributed by atoms with Crippen molar-refractivity contribution in [3.05, 3.63) is 58.5 Å². The van der Waals surface area contributed by atoms with E-state index in [-0.39, 0.29) is 11.8 Å². The summed E-state index contributed by atoms with van der Waals surface area (Å²) in [4.78, 5) is 33.9. The largest absolute Gasteiger partial charge is 0.497 e. The number of aryl methyl sites for hydroxylation is 3. The highest BCUT2D eigenvalue weighted by atomic mass is 16.5. The van der Waals surface area contributed by atoms with Crippen LogP contribution in [0.25, 0.3) is 5.65 Å². The van der Waals surface area contributed by atoms with Gasteiger partial charge in [0.2, 0.25) is 11.8 Å². The van der Waals surface area contributed by atoms with E-state index < -0.39 is 0 Å². The first kappa shape index (κ1) is 22.8. The van der Waals surface area contributed by atoms with Crippen molar-refractivity contribution in [1.29, 1.82) is 0 Å². The van der Waals surface area contributed by atoms with Gasteiger partial charge < -0.3 is 14.5 Å². The first-order valence-electron chi connectivity index (χ1n) is 11.4. The molecule has 2 amide bonds. The van der Waals surface area contributed by atoms with Gasteiger partial charge in [-0.15, -0.1) is 0 Å². The minimum absolute atomic E-state index is 0.0792. The molecule has 3 heterocycles. The molecule has 1 aromatic carbocycles. The molecular formula is C25H31N5O3. The molecule has 1 fully saturated rings. The van der Waals surface area contributed by atoms with E-state index in [0.29, 0.717) is 45.4 Å². The summed E-state index contributed by atoms with van der Waals surface area (Å²) >= 11 is 0. The molecule has 174 valence electrons. The highest BCUT2D eigenvalue weighted by molar-refractivity contribution is 5.80. The van der Waals surface area contributed by atoms with E-state index in [1.165, 1.54) is 0 Å². The molecule has 0 saturated carbocycles. The molecule has 0 aliphatic carbocycles. The van der Waals surface area contributed by atoms with Gasteiger partial charge in [-0.25, -0.2) is 9.50 Å². The fraction of sp³-hybridized carbons (Fsp3) is 0.440. The molecule has 8 nitrogen and oxygen atoms in total. The van der Waals surface area contributed by atoms with E-state index in [9.17, 15) is 9.59 Å². The number of carbonyl (C=O) groups excluding carboxylic acids is 2. The first-order chi connectivity index (χ1) is 15.9. The topological polar surface area (TPSA) is 80.0 Å². The van der Waals surface area contributed by atoms with E-state index in [2.05, 4.69) is 10.1 Å². The molecule has 1 aliphatic heterocycles. The second-order valence-electron chi connectivity index (χ2n) is 8.61. The molecule has 33 heavy (non-hydrogen) atoms. The number of hydrogen-bond acceptors (Lipinski definition) is 5. The third-order valence-electron chi connectivity index (χ3n) is 6.35. The average Bonchev–Trinajstić information content (AvgIpc) is 3.19. The van der Waals surface area contributed by atoms with E-state index in [1.54, 1.807) is 7.11 Å². The lowest BCUT2D eigenvalue weighted by Gasteiger charge is -2.35. The number of carbonyl (C=O) groups is 2. The number of fused-ring (bicyclic) bond motifs is 1. The highest BCUT2D eigenvalue weighted by Crippen LogP contribution is 2.18. The monoisotopic (exact) mass is 449 g/mol. The number of hydrogen-bond donors (Lipinski definition) is 0. The van der Waals surface area contributed by atoms with Gasteiger partial charge in [0, 0.05) is 50.1 Å². The number of nitrogens with zero attached hydrogens (tertiary/aromatic N) is 5. The van der Waals surface area contributed by atoms with Crippen LogP contribution in [0.5, 0.6) is 5.75 Å². The quantitative estimate of drug-likeness (QED) is 0.578. The van der Waals surface area contributed by atoms with Gasteiger partial charge in [-0.1, -0.05) is 12.1 Å². The summed E-state index contributed by atoms with van der Waals surface area (Å²) in [6.07, 6.45) is 1.40. The van der Waals surface area contributed by atoms with Gasteiger partial charge in [-0.05, 0) is 50.5 Å². The SMILES string of the molecule is COc1cccc(CC(=O)N2CCN(C(=O)CCc3c(C)nc4cc(C)nn4c3C)CC2)c1. The standard InChI is InChI=1S/C25H31N5O3/c1-17-14-23-26-18(2)22(19(3)30(23)27-17)8-9-24(31)28-10-12-29(13-11-28)25(32)16-20-6-5-7-21(15-20)33-4/h5-7,14-15H,8-13,16H2,1-4H3. The van der Waals surface area contributed by atoms with Crippen LogP contribution < -0.4 is 4.74 Å². The zero-order valence-corrected chi connectivity index (χ0v) is 19.8. The Hall–Kier alpha value is -3.42. The molecule has 0 N–H and O–H groups in total. The number of benzene rings is 1. The van der Waals surface area contributed by atoms with Crippen LogP contribution in [0, 0.1) is 20.8 Å². The van der Waals surface area contributed by atoms with Gasteiger partial charge in [0.05, 0.1) is 19.2 Å². The van der Waals surface area contributed by atoms with Crippen LogP contribution in [-0.4, -0.2) is 69.5 Å². The molecule has 3 aromatic rings. The molecule has 2 aromatic heterocycles. The van der Waals surface area contributed by atoms with Crippen molar-refractivity contribution >= 4 is 17.5 Å². The smallest absolute Gasteiger partial charge is 0.227 e. The molecule has 0 bridgehead atoms. The maximum absolute atomic E-state index is 12.9. The van der Waals surface area contributed by atoms with Gasteiger partial charge in [-0.3, -0.25) is 9.59 Å². The van der Waals surface area contributed by atoms with Gasteiger partial charge in [-0.2, -0.15) is 5.10 Å². The van der Waals surface area contributed by atoms with Crippen molar-refractivity contribution < 1.29 is 14.3 Å². The lowest BCUT2D eigenvalue weighted by molar-refractivity contribution is -0.139. The van der Waals surface area contributed by atoms with Crippen LogP contribution in [-0.2, 0) is 22.4 Å². The normalized spacial score (nSPS) is 14.1. The van der Waals surface area contributed by atoms with Crippen LogP contribution in [0.2, 0.25) is 0 Å². The van der Waals surface area contributed by atoms with Crippen molar-refractivity contribution in [2.75, 3.05) is 33.3 Å². The number of ether oxygens (including phenoxy) is 1. The van der Waals surface area contributed by atoms with Crippen LogP contribution >= 0.6 is 0 Å². The van der Waals surface area contributed by atoms with Crippen LogP contribution in [0.3, 0.4) is 0 Å². The molecular weight excluding hydrogens is 418 g/mol. The van der Waals surface area contributed by atoms with E-state index >= 15 is 0 Å². The summed E-state index contributed by atoms with van der Waals surface area (Å²) in [6, 6.07) is 9.54. The van der Waals surface area contributed by atoms with Crippen molar-refractivity contribution in [3.8, 4) is 5.75 Å². The lowest BCUT2D eigenvalue weighted by atomic mass is 10.1. The first-order valence-corrected chi connectivity index (χ1v) is 11.4. The summed E-state index contributed by atoms with van der Waals surface area (Å²) in [5.74, 6) is 0.944. The summed E-state index contributed by atoms with van der Waals surface area (Å²) in [5.41, 5.74) is 5.75. The fourth-order valence-electron chi connectivity index (χ4n) is 4.47. The number of rotatable bonds is 6. The molecule has 0 unspecified atom stereocenters. The predicted molar refractivity (Wildman–Crippen MR) is 125 cm³/mol.